The van der Waals surface area contributed by atoms with E-state index in [9.17, 15) is 0 Å². The number of hydrogen-bond acceptors (Lipinski definition) is 8. The summed E-state index contributed by atoms with van der Waals surface area (Å²) in [7, 11) is 4.84. The molecule has 152 valence electrons. The van der Waals surface area contributed by atoms with Crippen molar-refractivity contribution in [2.75, 3.05) is 45.1 Å². The Morgan fingerprint density at radius 2 is 1.59 bits per heavy atom. The first-order chi connectivity index (χ1) is 14.2. The highest BCUT2D eigenvalue weighted by Gasteiger charge is 2.06. The van der Waals surface area contributed by atoms with Gasteiger partial charge < -0.3 is 29.6 Å². The molecular weight excluding hydrogens is 372 g/mol. The molecule has 2 aromatic carbocycles. The summed E-state index contributed by atoms with van der Waals surface area (Å²) in [6.07, 6.45) is 1.68. The molecule has 3 rings (SSSR count). The van der Waals surface area contributed by atoms with Crippen molar-refractivity contribution in [3.63, 3.8) is 0 Å². The number of benzene rings is 2. The van der Waals surface area contributed by atoms with Crippen molar-refractivity contribution in [3.8, 4) is 23.0 Å². The number of aromatic nitrogens is 2. The van der Waals surface area contributed by atoms with E-state index in [4.69, 9.17) is 18.9 Å². The van der Waals surface area contributed by atoms with E-state index in [1.807, 2.05) is 42.5 Å². The molecule has 0 aliphatic rings. The van der Waals surface area contributed by atoms with Crippen molar-refractivity contribution < 1.29 is 18.9 Å². The third kappa shape index (κ3) is 5.65. The van der Waals surface area contributed by atoms with Gasteiger partial charge in [-0.15, -0.1) is 0 Å². The highest BCUT2D eigenvalue weighted by Crippen LogP contribution is 2.30. The molecule has 0 saturated carbocycles. The average Bonchev–Trinajstić information content (AvgIpc) is 2.77. The van der Waals surface area contributed by atoms with Crippen molar-refractivity contribution >= 4 is 17.5 Å². The van der Waals surface area contributed by atoms with Crippen molar-refractivity contribution in [2.45, 2.75) is 0 Å². The van der Waals surface area contributed by atoms with Gasteiger partial charge in [0.25, 0.3) is 0 Å². The fraction of sp³-hybridized carbons (Fsp3) is 0.238. The van der Waals surface area contributed by atoms with E-state index in [1.165, 1.54) is 0 Å². The highest BCUT2D eigenvalue weighted by atomic mass is 16.5. The van der Waals surface area contributed by atoms with E-state index in [1.54, 1.807) is 33.6 Å². The summed E-state index contributed by atoms with van der Waals surface area (Å²) in [5, 5.41) is 6.38. The normalized spacial score (nSPS) is 10.2. The van der Waals surface area contributed by atoms with Crippen LogP contribution in [0.2, 0.25) is 0 Å². The molecule has 2 N–H and O–H groups in total. The molecule has 0 bridgehead atoms. The van der Waals surface area contributed by atoms with Gasteiger partial charge in [0.15, 0.2) is 11.5 Å². The third-order valence-corrected chi connectivity index (χ3v) is 4.02. The SMILES string of the molecule is COc1ccc(OCCNc2nccc(Nc3ccc(OC)c(OC)c3)n2)cc1. The summed E-state index contributed by atoms with van der Waals surface area (Å²) in [4.78, 5) is 8.69. The van der Waals surface area contributed by atoms with Gasteiger partial charge in [0.1, 0.15) is 23.9 Å². The van der Waals surface area contributed by atoms with Crippen molar-refractivity contribution in [3.05, 3.63) is 54.7 Å². The van der Waals surface area contributed by atoms with Crippen molar-refractivity contribution in [1.82, 2.24) is 9.97 Å². The van der Waals surface area contributed by atoms with Gasteiger partial charge >= 0.3 is 0 Å². The van der Waals surface area contributed by atoms with Crippen molar-refractivity contribution in [1.29, 1.82) is 0 Å². The maximum atomic E-state index is 5.69. The Morgan fingerprint density at radius 3 is 2.31 bits per heavy atom. The minimum absolute atomic E-state index is 0.475. The number of methoxy groups -OCH3 is 3. The Labute approximate surface area is 169 Å². The standard InChI is InChI=1S/C21H24N4O4/c1-26-16-5-7-17(8-6-16)29-13-12-23-21-22-11-10-20(25-21)24-15-4-9-18(27-2)19(14-15)28-3/h4-11,14H,12-13H2,1-3H3,(H2,22,23,24,25). The lowest BCUT2D eigenvalue weighted by molar-refractivity contribution is 0.331. The van der Waals surface area contributed by atoms with Crippen LogP contribution in [-0.4, -0.2) is 44.4 Å². The number of rotatable bonds is 10. The van der Waals surface area contributed by atoms with E-state index in [0.29, 0.717) is 36.4 Å². The fourth-order valence-electron chi connectivity index (χ4n) is 2.58. The summed E-state index contributed by atoms with van der Waals surface area (Å²) in [5.74, 6) is 4.04. The minimum atomic E-state index is 0.475. The second kappa shape index (κ2) is 10.0. The highest BCUT2D eigenvalue weighted by molar-refractivity contribution is 5.61. The predicted octanol–water partition coefficient (Wildman–Crippen LogP) is 3.74. The number of hydrogen-bond donors (Lipinski definition) is 2. The van der Waals surface area contributed by atoms with Crippen LogP contribution in [0.5, 0.6) is 23.0 Å². The van der Waals surface area contributed by atoms with E-state index < -0.39 is 0 Å². The summed E-state index contributed by atoms with van der Waals surface area (Å²) in [6, 6.07) is 14.8. The maximum absolute atomic E-state index is 5.69. The molecule has 0 unspecified atom stereocenters. The van der Waals surface area contributed by atoms with Crippen LogP contribution in [0.3, 0.4) is 0 Å². The Morgan fingerprint density at radius 1 is 0.828 bits per heavy atom. The summed E-state index contributed by atoms with van der Waals surface area (Å²) >= 11 is 0. The van der Waals surface area contributed by atoms with E-state index in [-0.39, 0.29) is 0 Å². The van der Waals surface area contributed by atoms with Crippen LogP contribution < -0.4 is 29.6 Å². The molecule has 8 heteroatoms. The fourth-order valence-corrected chi connectivity index (χ4v) is 2.58. The zero-order valence-electron chi connectivity index (χ0n) is 16.6. The molecule has 0 amide bonds. The summed E-state index contributed by atoms with van der Waals surface area (Å²) < 4.78 is 21.4. The van der Waals surface area contributed by atoms with Crippen LogP contribution in [0, 0.1) is 0 Å². The first-order valence-electron chi connectivity index (χ1n) is 9.04. The molecule has 29 heavy (non-hydrogen) atoms. The largest absolute Gasteiger partial charge is 0.497 e. The lowest BCUT2D eigenvalue weighted by atomic mass is 10.2. The second-order valence-electron chi connectivity index (χ2n) is 5.91. The number of nitrogens with one attached hydrogen (secondary N) is 2. The molecule has 0 fully saturated rings. The van der Waals surface area contributed by atoms with Gasteiger partial charge in [-0.3, -0.25) is 0 Å². The molecule has 0 radical (unpaired) electrons. The second-order valence-corrected chi connectivity index (χ2v) is 5.91. The molecule has 0 spiro atoms. The van der Waals surface area contributed by atoms with Crippen LogP contribution in [0.4, 0.5) is 17.5 Å². The summed E-state index contributed by atoms with van der Waals surface area (Å²) in [6.45, 7) is 1.04. The Kier molecular flexibility index (Phi) is 6.94. The molecular formula is C21H24N4O4. The first kappa shape index (κ1) is 20.1. The van der Waals surface area contributed by atoms with Crippen LogP contribution in [0.1, 0.15) is 0 Å². The number of ether oxygens (including phenoxy) is 4. The number of anilines is 3. The quantitative estimate of drug-likeness (QED) is 0.501. The maximum Gasteiger partial charge on any atom is 0.224 e. The molecule has 1 heterocycles. The average molecular weight is 396 g/mol. The molecule has 0 aliphatic carbocycles. The van der Waals surface area contributed by atoms with Crippen LogP contribution in [0.25, 0.3) is 0 Å². The van der Waals surface area contributed by atoms with Crippen LogP contribution in [-0.2, 0) is 0 Å². The lowest BCUT2D eigenvalue weighted by Gasteiger charge is -2.12. The van der Waals surface area contributed by atoms with Crippen LogP contribution >= 0.6 is 0 Å². The van der Waals surface area contributed by atoms with E-state index >= 15 is 0 Å². The van der Waals surface area contributed by atoms with E-state index in [0.717, 1.165) is 17.2 Å². The van der Waals surface area contributed by atoms with Gasteiger partial charge in [0, 0.05) is 18.0 Å². The van der Waals surface area contributed by atoms with Gasteiger partial charge in [0.05, 0.1) is 27.9 Å². The van der Waals surface area contributed by atoms with E-state index in [2.05, 4.69) is 20.6 Å². The smallest absolute Gasteiger partial charge is 0.224 e. The van der Waals surface area contributed by atoms with Gasteiger partial charge in [-0.1, -0.05) is 0 Å². The minimum Gasteiger partial charge on any atom is -0.497 e. The third-order valence-electron chi connectivity index (χ3n) is 4.02. The zero-order chi connectivity index (χ0) is 20.5. The molecule has 1 aromatic heterocycles. The molecule has 8 nitrogen and oxygen atoms in total. The van der Waals surface area contributed by atoms with Gasteiger partial charge in [0.2, 0.25) is 5.95 Å². The Balaban J connectivity index is 1.52. The zero-order valence-corrected chi connectivity index (χ0v) is 16.6. The van der Waals surface area contributed by atoms with Gasteiger partial charge in [-0.25, -0.2) is 4.98 Å². The van der Waals surface area contributed by atoms with Crippen molar-refractivity contribution in [2.24, 2.45) is 0 Å². The molecule has 3 aromatic rings. The topological polar surface area (TPSA) is 86.8 Å². The predicted molar refractivity (Wildman–Crippen MR) is 112 cm³/mol. The van der Waals surface area contributed by atoms with Gasteiger partial charge in [-0.2, -0.15) is 4.98 Å². The monoisotopic (exact) mass is 396 g/mol. The number of nitrogens with zero attached hydrogens (tertiary/aromatic N) is 2. The Bertz CT molecular complexity index is 919. The molecule has 0 aliphatic heterocycles. The lowest BCUT2D eigenvalue weighted by Crippen LogP contribution is -2.13. The first-order valence-corrected chi connectivity index (χ1v) is 9.04. The summed E-state index contributed by atoms with van der Waals surface area (Å²) in [5.41, 5.74) is 0.829. The van der Waals surface area contributed by atoms with Gasteiger partial charge in [-0.05, 0) is 42.5 Å². The van der Waals surface area contributed by atoms with Crippen LogP contribution in [0.15, 0.2) is 54.7 Å². The molecule has 0 saturated heterocycles. The molecule has 0 atom stereocenters. The Hall–Kier alpha value is -3.68.